The number of anilines is 2. The second-order valence-electron chi connectivity index (χ2n) is 4.98. The summed E-state index contributed by atoms with van der Waals surface area (Å²) < 4.78 is 0. The molecule has 3 heteroatoms. The summed E-state index contributed by atoms with van der Waals surface area (Å²) in [6.07, 6.45) is 1.78. The fraction of sp³-hybridized carbons (Fsp3) is 0.308. The van der Waals surface area contributed by atoms with E-state index in [1.54, 1.807) is 6.20 Å². The number of hydrogen-bond donors (Lipinski definition) is 2. The molecule has 0 unspecified atom stereocenters. The summed E-state index contributed by atoms with van der Waals surface area (Å²) in [4.78, 5) is 4.31. The second kappa shape index (κ2) is 3.67. The lowest BCUT2D eigenvalue weighted by molar-refractivity contribution is 0.635. The maximum atomic E-state index is 5.90. The number of nitrogens with zero attached hydrogens (tertiary/aromatic N) is 1. The Hall–Kier alpha value is -1.77. The van der Waals surface area contributed by atoms with E-state index < -0.39 is 0 Å². The molecular formula is C13H17N3. The molecule has 0 amide bonds. The number of para-hydroxylation sites is 1. The minimum atomic E-state index is 0.0267. The number of benzene rings is 1. The topological polar surface area (TPSA) is 50.9 Å². The summed E-state index contributed by atoms with van der Waals surface area (Å²) in [7, 11) is 0. The third-order valence-corrected chi connectivity index (χ3v) is 2.31. The Bertz CT molecular complexity index is 512. The van der Waals surface area contributed by atoms with E-state index in [0.717, 1.165) is 22.3 Å². The molecule has 0 spiro atoms. The molecule has 2 aromatic rings. The van der Waals surface area contributed by atoms with Gasteiger partial charge in [0.05, 0.1) is 11.2 Å². The molecule has 1 aromatic heterocycles. The van der Waals surface area contributed by atoms with Gasteiger partial charge in [-0.2, -0.15) is 0 Å². The SMILES string of the molecule is CC(C)(C)Nc1ccnc2c(N)cccc12. The van der Waals surface area contributed by atoms with E-state index >= 15 is 0 Å². The van der Waals surface area contributed by atoms with Crippen LogP contribution in [0.25, 0.3) is 10.9 Å². The highest BCUT2D eigenvalue weighted by molar-refractivity contribution is 5.97. The van der Waals surface area contributed by atoms with Crippen molar-refractivity contribution in [1.82, 2.24) is 4.98 Å². The standard InChI is InChI=1S/C13H17N3/c1-13(2,3)16-11-7-8-15-12-9(11)5-4-6-10(12)14/h4-8H,14H2,1-3H3,(H,15,16). The smallest absolute Gasteiger partial charge is 0.0951 e. The van der Waals surface area contributed by atoms with Crippen molar-refractivity contribution in [2.45, 2.75) is 26.3 Å². The minimum Gasteiger partial charge on any atom is -0.397 e. The van der Waals surface area contributed by atoms with Crippen molar-refractivity contribution < 1.29 is 0 Å². The van der Waals surface area contributed by atoms with E-state index in [-0.39, 0.29) is 5.54 Å². The van der Waals surface area contributed by atoms with E-state index in [1.807, 2.05) is 24.3 Å². The summed E-state index contributed by atoms with van der Waals surface area (Å²) >= 11 is 0. The molecule has 0 bridgehead atoms. The Morgan fingerprint density at radius 3 is 2.62 bits per heavy atom. The van der Waals surface area contributed by atoms with Gasteiger partial charge in [0, 0.05) is 22.8 Å². The molecule has 3 nitrogen and oxygen atoms in total. The normalized spacial score (nSPS) is 11.7. The first-order valence-corrected chi connectivity index (χ1v) is 5.39. The van der Waals surface area contributed by atoms with Crippen molar-refractivity contribution >= 4 is 22.3 Å². The van der Waals surface area contributed by atoms with Gasteiger partial charge in [-0.1, -0.05) is 12.1 Å². The number of fused-ring (bicyclic) bond motifs is 1. The number of nitrogens with one attached hydrogen (secondary N) is 1. The van der Waals surface area contributed by atoms with Crippen molar-refractivity contribution in [2.24, 2.45) is 0 Å². The van der Waals surface area contributed by atoms with E-state index in [0.29, 0.717) is 0 Å². The Morgan fingerprint density at radius 2 is 1.94 bits per heavy atom. The summed E-state index contributed by atoms with van der Waals surface area (Å²) in [5.41, 5.74) is 8.57. The van der Waals surface area contributed by atoms with Gasteiger partial charge in [-0.15, -0.1) is 0 Å². The summed E-state index contributed by atoms with van der Waals surface area (Å²) in [6, 6.07) is 7.84. The predicted molar refractivity (Wildman–Crippen MR) is 69.5 cm³/mol. The van der Waals surface area contributed by atoms with Gasteiger partial charge in [0.15, 0.2) is 0 Å². The lowest BCUT2D eigenvalue weighted by atomic mass is 10.1. The second-order valence-corrected chi connectivity index (χ2v) is 4.98. The van der Waals surface area contributed by atoms with Crippen molar-refractivity contribution in [3.63, 3.8) is 0 Å². The highest BCUT2D eigenvalue weighted by atomic mass is 15.0. The fourth-order valence-corrected chi connectivity index (χ4v) is 1.71. The average molecular weight is 215 g/mol. The molecule has 16 heavy (non-hydrogen) atoms. The Balaban J connectivity index is 2.58. The van der Waals surface area contributed by atoms with E-state index in [9.17, 15) is 0 Å². The zero-order valence-electron chi connectivity index (χ0n) is 9.91. The van der Waals surface area contributed by atoms with Gasteiger partial charge >= 0.3 is 0 Å². The van der Waals surface area contributed by atoms with Gasteiger partial charge in [0.25, 0.3) is 0 Å². The van der Waals surface area contributed by atoms with Crippen LogP contribution in [0.1, 0.15) is 20.8 Å². The zero-order valence-corrected chi connectivity index (χ0v) is 9.91. The largest absolute Gasteiger partial charge is 0.397 e. The van der Waals surface area contributed by atoms with Gasteiger partial charge < -0.3 is 11.1 Å². The number of aromatic nitrogens is 1. The van der Waals surface area contributed by atoms with Gasteiger partial charge in [0.2, 0.25) is 0 Å². The Labute approximate surface area is 95.7 Å². The number of nitrogen functional groups attached to an aromatic ring is 1. The van der Waals surface area contributed by atoms with Crippen molar-refractivity contribution in [1.29, 1.82) is 0 Å². The molecule has 2 rings (SSSR count). The van der Waals surface area contributed by atoms with E-state index in [2.05, 4.69) is 31.1 Å². The quantitative estimate of drug-likeness (QED) is 0.719. The van der Waals surface area contributed by atoms with Crippen LogP contribution < -0.4 is 11.1 Å². The average Bonchev–Trinajstić information content (AvgIpc) is 2.17. The van der Waals surface area contributed by atoms with Crippen LogP contribution in [0.4, 0.5) is 11.4 Å². The maximum Gasteiger partial charge on any atom is 0.0951 e. The van der Waals surface area contributed by atoms with Crippen LogP contribution in [0.15, 0.2) is 30.5 Å². The van der Waals surface area contributed by atoms with Gasteiger partial charge in [-0.3, -0.25) is 4.98 Å². The van der Waals surface area contributed by atoms with Crippen LogP contribution in [0.2, 0.25) is 0 Å². The molecule has 0 atom stereocenters. The first kappa shape index (κ1) is 10.7. The monoisotopic (exact) mass is 215 g/mol. The van der Waals surface area contributed by atoms with Crippen LogP contribution in [0.5, 0.6) is 0 Å². The van der Waals surface area contributed by atoms with Crippen LogP contribution in [-0.4, -0.2) is 10.5 Å². The molecule has 0 aliphatic carbocycles. The molecular weight excluding hydrogens is 198 g/mol. The zero-order chi connectivity index (χ0) is 11.8. The summed E-state index contributed by atoms with van der Waals surface area (Å²) in [6.45, 7) is 6.39. The number of hydrogen-bond acceptors (Lipinski definition) is 3. The molecule has 1 aromatic carbocycles. The molecule has 84 valence electrons. The Morgan fingerprint density at radius 1 is 1.19 bits per heavy atom. The van der Waals surface area contributed by atoms with Crippen LogP contribution in [-0.2, 0) is 0 Å². The van der Waals surface area contributed by atoms with Crippen molar-refractivity contribution in [2.75, 3.05) is 11.1 Å². The molecule has 3 N–H and O–H groups in total. The molecule has 0 saturated heterocycles. The number of pyridine rings is 1. The lowest BCUT2D eigenvalue weighted by Crippen LogP contribution is -2.26. The minimum absolute atomic E-state index is 0.0267. The Kier molecular flexibility index (Phi) is 2.46. The fourth-order valence-electron chi connectivity index (χ4n) is 1.71. The first-order valence-electron chi connectivity index (χ1n) is 5.39. The molecule has 0 saturated carbocycles. The van der Waals surface area contributed by atoms with Crippen LogP contribution in [0.3, 0.4) is 0 Å². The van der Waals surface area contributed by atoms with E-state index in [4.69, 9.17) is 5.73 Å². The molecule has 0 aliphatic rings. The number of rotatable bonds is 1. The maximum absolute atomic E-state index is 5.90. The van der Waals surface area contributed by atoms with Crippen LogP contribution >= 0.6 is 0 Å². The summed E-state index contributed by atoms with van der Waals surface area (Å²) in [5, 5.41) is 4.52. The van der Waals surface area contributed by atoms with Gasteiger partial charge in [-0.25, -0.2) is 0 Å². The molecule has 0 aliphatic heterocycles. The third-order valence-electron chi connectivity index (χ3n) is 2.31. The molecule has 0 fully saturated rings. The third kappa shape index (κ3) is 2.08. The van der Waals surface area contributed by atoms with Crippen molar-refractivity contribution in [3.05, 3.63) is 30.5 Å². The summed E-state index contributed by atoms with van der Waals surface area (Å²) in [5.74, 6) is 0. The lowest BCUT2D eigenvalue weighted by Gasteiger charge is -2.23. The molecule has 1 heterocycles. The van der Waals surface area contributed by atoms with Gasteiger partial charge in [0.1, 0.15) is 0 Å². The van der Waals surface area contributed by atoms with Crippen molar-refractivity contribution in [3.8, 4) is 0 Å². The highest BCUT2D eigenvalue weighted by Gasteiger charge is 2.12. The van der Waals surface area contributed by atoms with E-state index in [1.165, 1.54) is 0 Å². The molecule has 0 radical (unpaired) electrons. The highest BCUT2D eigenvalue weighted by Crippen LogP contribution is 2.27. The predicted octanol–water partition coefficient (Wildman–Crippen LogP) is 3.03. The number of nitrogens with two attached hydrogens (primary N) is 1. The first-order chi connectivity index (χ1) is 7.47. The van der Waals surface area contributed by atoms with Gasteiger partial charge in [-0.05, 0) is 32.9 Å². The van der Waals surface area contributed by atoms with Crippen LogP contribution in [0, 0.1) is 0 Å².